The van der Waals surface area contributed by atoms with E-state index in [0.29, 0.717) is 6.54 Å². The minimum Gasteiger partial charge on any atom is -0.365 e. The van der Waals surface area contributed by atoms with Crippen LogP contribution in [-0.2, 0) is 16.6 Å². The SMILES string of the molecule is CCC1CCC(C(=O)N2CCNCC2c2nccn2C)O1.Cl. The largest absolute Gasteiger partial charge is 0.365 e. The third-order valence-corrected chi connectivity index (χ3v) is 4.52. The van der Waals surface area contributed by atoms with Gasteiger partial charge in [-0.2, -0.15) is 0 Å². The molecule has 0 radical (unpaired) electrons. The zero-order valence-electron chi connectivity index (χ0n) is 13.2. The Balaban J connectivity index is 0.00000176. The van der Waals surface area contributed by atoms with Crippen LogP contribution in [0.5, 0.6) is 0 Å². The predicted octanol–water partition coefficient (Wildman–Crippen LogP) is 1.27. The summed E-state index contributed by atoms with van der Waals surface area (Å²) in [6.07, 6.45) is 6.50. The molecule has 7 heteroatoms. The maximum atomic E-state index is 12.8. The standard InChI is InChI=1S/C15H24N4O2.ClH/c1-3-11-4-5-13(21-11)15(20)19-9-6-16-10-12(19)14-17-7-8-18(14)2;/h7-8,11-13,16H,3-6,9-10H2,1-2H3;1H. The van der Waals surface area contributed by atoms with Crippen LogP contribution in [0.2, 0.25) is 0 Å². The molecule has 0 aromatic carbocycles. The van der Waals surface area contributed by atoms with E-state index in [4.69, 9.17) is 4.74 Å². The Bertz CT molecular complexity index is 507. The molecule has 1 N–H and O–H groups in total. The summed E-state index contributed by atoms with van der Waals surface area (Å²) in [5.74, 6) is 1.06. The molecular formula is C15H25ClN4O2. The van der Waals surface area contributed by atoms with Crippen molar-refractivity contribution in [2.75, 3.05) is 19.6 Å². The first-order valence-electron chi connectivity index (χ1n) is 7.84. The van der Waals surface area contributed by atoms with Crippen LogP contribution in [0.1, 0.15) is 38.1 Å². The number of carbonyl (C=O) groups excluding carboxylic acids is 1. The van der Waals surface area contributed by atoms with Crippen molar-refractivity contribution < 1.29 is 9.53 Å². The Morgan fingerprint density at radius 3 is 2.95 bits per heavy atom. The molecule has 2 saturated heterocycles. The van der Waals surface area contributed by atoms with Gasteiger partial charge in [-0.1, -0.05) is 6.92 Å². The molecule has 0 spiro atoms. The molecule has 1 aromatic heterocycles. The van der Waals surface area contributed by atoms with E-state index in [1.165, 1.54) is 0 Å². The van der Waals surface area contributed by atoms with Gasteiger partial charge in [-0.05, 0) is 19.3 Å². The first-order valence-corrected chi connectivity index (χ1v) is 7.84. The van der Waals surface area contributed by atoms with Crippen LogP contribution >= 0.6 is 12.4 Å². The fourth-order valence-electron chi connectivity index (χ4n) is 3.27. The molecule has 0 bridgehead atoms. The Hall–Kier alpha value is -1.11. The molecular weight excluding hydrogens is 304 g/mol. The van der Waals surface area contributed by atoms with E-state index in [9.17, 15) is 4.79 Å². The number of amides is 1. The number of aryl methyl sites for hydroxylation is 1. The number of piperazine rings is 1. The number of ether oxygens (including phenoxy) is 1. The number of imidazole rings is 1. The highest BCUT2D eigenvalue weighted by atomic mass is 35.5. The van der Waals surface area contributed by atoms with Crippen molar-refractivity contribution in [1.29, 1.82) is 0 Å². The number of aromatic nitrogens is 2. The molecule has 0 aliphatic carbocycles. The summed E-state index contributed by atoms with van der Waals surface area (Å²) in [7, 11) is 1.97. The number of nitrogens with one attached hydrogen (secondary N) is 1. The first-order chi connectivity index (χ1) is 10.2. The van der Waals surface area contributed by atoms with Crippen LogP contribution in [0.4, 0.5) is 0 Å². The maximum Gasteiger partial charge on any atom is 0.252 e. The number of hydrogen-bond donors (Lipinski definition) is 1. The van der Waals surface area contributed by atoms with Crippen LogP contribution in [0.3, 0.4) is 0 Å². The lowest BCUT2D eigenvalue weighted by molar-refractivity contribution is -0.146. The predicted molar refractivity (Wildman–Crippen MR) is 86.0 cm³/mol. The molecule has 124 valence electrons. The average Bonchev–Trinajstić information content (AvgIpc) is 3.15. The van der Waals surface area contributed by atoms with Crippen LogP contribution < -0.4 is 5.32 Å². The second-order valence-electron chi connectivity index (χ2n) is 5.88. The lowest BCUT2D eigenvalue weighted by Crippen LogP contribution is -2.52. The zero-order valence-corrected chi connectivity index (χ0v) is 14.0. The Morgan fingerprint density at radius 1 is 1.50 bits per heavy atom. The van der Waals surface area contributed by atoms with Gasteiger partial charge < -0.3 is 19.5 Å². The van der Waals surface area contributed by atoms with Crippen LogP contribution in [0.15, 0.2) is 12.4 Å². The maximum absolute atomic E-state index is 12.8. The third kappa shape index (κ3) is 3.29. The summed E-state index contributed by atoms with van der Waals surface area (Å²) in [5, 5.41) is 3.36. The van der Waals surface area contributed by atoms with E-state index >= 15 is 0 Å². The molecule has 1 amide bonds. The van der Waals surface area contributed by atoms with Gasteiger partial charge >= 0.3 is 0 Å². The second kappa shape index (κ2) is 7.44. The molecule has 3 rings (SSSR count). The molecule has 2 aliphatic heterocycles. The van der Waals surface area contributed by atoms with Gasteiger partial charge in [0, 0.05) is 39.1 Å². The van der Waals surface area contributed by atoms with Crippen molar-refractivity contribution in [2.24, 2.45) is 7.05 Å². The minimum absolute atomic E-state index is 0. The summed E-state index contributed by atoms with van der Waals surface area (Å²) < 4.78 is 7.87. The van der Waals surface area contributed by atoms with Crippen molar-refractivity contribution in [1.82, 2.24) is 19.8 Å². The van der Waals surface area contributed by atoms with Crippen molar-refractivity contribution in [3.63, 3.8) is 0 Å². The molecule has 3 heterocycles. The first kappa shape index (κ1) is 17.2. The lowest BCUT2D eigenvalue weighted by atomic mass is 10.1. The molecule has 2 aliphatic rings. The highest BCUT2D eigenvalue weighted by Crippen LogP contribution is 2.27. The van der Waals surface area contributed by atoms with Crippen molar-refractivity contribution >= 4 is 18.3 Å². The topological polar surface area (TPSA) is 59.4 Å². The van der Waals surface area contributed by atoms with Gasteiger partial charge in [-0.25, -0.2) is 4.98 Å². The van der Waals surface area contributed by atoms with E-state index < -0.39 is 0 Å². The van der Waals surface area contributed by atoms with Gasteiger partial charge in [0.1, 0.15) is 18.0 Å². The summed E-state index contributed by atoms with van der Waals surface area (Å²) >= 11 is 0. The fraction of sp³-hybridized carbons (Fsp3) is 0.733. The number of halogens is 1. The molecule has 3 atom stereocenters. The Labute approximate surface area is 137 Å². The average molecular weight is 329 g/mol. The van der Waals surface area contributed by atoms with Crippen LogP contribution in [-0.4, -0.2) is 52.2 Å². The van der Waals surface area contributed by atoms with Crippen LogP contribution in [0.25, 0.3) is 0 Å². The van der Waals surface area contributed by atoms with Gasteiger partial charge in [-0.15, -0.1) is 12.4 Å². The highest BCUT2D eigenvalue weighted by Gasteiger charge is 2.37. The lowest BCUT2D eigenvalue weighted by Gasteiger charge is -2.37. The van der Waals surface area contributed by atoms with Gasteiger partial charge in [0.15, 0.2) is 0 Å². The van der Waals surface area contributed by atoms with E-state index in [2.05, 4.69) is 17.2 Å². The van der Waals surface area contributed by atoms with Gasteiger partial charge in [0.2, 0.25) is 0 Å². The highest BCUT2D eigenvalue weighted by molar-refractivity contribution is 5.85. The smallest absolute Gasteiger partial charge is 0.252 e. The number of carbonyl (C=O) groups is 1. The minimum atomic E-state index is -0.268. The van der Waals surface area contributed by atoms with E-state index in [0.717, 1.165) is 38.2 Å². The molecule has 3 unspecified atom stereocenters. The van der Waals surface area contributed by atoms with Gasteiger partial charge in [-0.3, -0.25) is 4.79 Å². The quantitative estimate of drug-likeness (QED) is 0.908. The number of hydrogen-bond acceptors (Lipinski definition) is 4. The molecule has 2 fully saturated rings. The van der Waals surface area contributed by atoms with Gasteiger partial charge in [0.25, 0.3) is 5.91 Å². The van der Waals surface area contributed by atoms with Crippen molar-refractivity contribution in [3.8, 4) is 0 Å². The summed E-state index contributed by atoms with van der Waals surface area (Å²) in [5.41, 5.74) is 0. The van der Waals surface area contributed by atoms with Crippen molar-refractivity contribution in [2.45, 2.75) is 44.4 Å². The number of rotatable bonds is 3. The molecule has 22 heavy (non-hydrogen) atoms. The summed E-state index contributed by atoms with van der Waals surface area (Å²) in [6.45, 7) is 4.41. The van der Waals surface area contributed by atoms with E-state index in [-0.39, 0.29) is 36.6 Å². The Morgan fingerprint density at radius 2 is 2.32 bits per heavy atom. The third-order valence-electron chi connectivity index (χ3n) is 4.52. The monoisotopic (exact) mass is 328 g/mol. The fourth-order valence-corrected chi connectivity index (χ4v) is 3.27. The zero-order chi connectivity index (χ0) is 14.8. The molecule has 0 saturated carbocycles. The summed E-state index contributed by atoms with van der Waals surface area (Å²) in [6, 6.07) is -0.00414. The molecule has 6 nitrogen and oxygen atoms in total. The van der Waals surface area contributed by atoms with Crippen LogP contribution in [0, 0.1) is 0 Å². The van der Waals surface area contributed by atoms with Crippen molar-refractivity contribution in [3.05, 3.63) is 18.2 Å². The number of nitrogens with zero attached hydrogens (tertiary/aromatic N) is 3. The van der Waals surface area contributed by atoms with E-state index in [1.807, 2.05) is 22.7 Å². The Kier molecular flexibility index (Phi) is 5.83. The van der Waals surface area contributed by atoms with E-state index in [1.54, 1.807) is 6.20 Å². The molecule has 1 aromatic rings. The summed E-state index contributed by atoms with van der Waals surface area (Å²) in [4.78, 5) is 19.2. The normalized spacial score (nSPS) is 28.5. The second-order valence-corrected chi connectivity index (χ2v) is 5.88. The van der Waals surface area contributed by atoms with Gasteiger partial charge in [0.05, 0.1) is 6.10 Å².